The monoisotopic (exact) mass is 371 g/mol. The van der Waals surface area contributed by atoms with Gasteiger partial charge < -0.3 is 15.2 Å². The van der Waals surface area contributed by atoms with Gasteiger partial charge in [0.1, 0.15) is 0 Å². The quantitative estimate of drug-likeness (QED) is 0.638. The van der Waals surface area contributed by atoms with E-state index in [4.69, 9.17) is 0 Å². The molecule has 2 aliphatic carbocycles. The summed E-state index contributed by atoms with van der Waals surface area (Å²) in [6.45, 7) is 1.18. The Morgan fingerprint density at radius 2 is 1.68 bits per heavy atom. The van der Waals surface area contributed by atoms with E-state index in [0.717, 1.165) is 17.3 Å². The highest BCUT2D eigenvalue weighted by Gasteiger charge is 2.38. The maximum Gasteiger partial charge on any atom is 0.255 e. The number of rotatable bonds is 7. The lowest BCUT2D eigenvalue weighted by Gasteiger charge is -2.08. The van der Waals surface area contributed by atoms with Crippen LogP contribution in [0.2, 0.25) is 0 Å². The lowest BCUT2D eigenvalue weighted by molar-refractivity contribution is 0.102. The summed E-state index contributed by atoms with van der Waals surface area (Å²) in [6.07, 6.45) is 8.00. The van der Waals surface area contributed by atoms with Crippen LogP contribution in [0, 0.1) is 5.92 Å². The SMILES string of the molecule is O=C(Nc1ccc([C@@H]2C[C@H]2NCC2CC2)cc1)c1ccc(-n2cccc2)cc1. The van der Waals surface area contributed by atoms with E-state index in [1.54, 1.807) is 0 Å². The predicted octanol–water partition coefficient (Wildman–Crippen LogP) is 4.59. The van der Waals surface area contributed by atoms with Crippen LogP contribution in [0.3, 0.4) is 0 Å². The lowest BCUT2D eigenvalue weighted by Crippen LogP contribution is -2.20. The Hall–Kier alpha value is -2.85. The molecule has 0 saturated heterocycles. The zero-order valence-electron chi connectivity index (χ0n) is 15.8. The van der Waals surface area contributed by atoms with Gasteiger partial charge in [-0.05, 0) is 85.8 Å². The molecule has 2 N–H and O–H groups in total. The van der Waals surface area contributed by atoms with Gasteiger partial charge in [-0.1, -0.05) is 12.1 Å². The van der Waals surface area contributed by atoms with Crippen molar-refractivity contribution in [1.29, 1.82) is 0 Å². The molecule has 0 radical (unpaired) electrons. The Bertz CT molecular complexity index is 941. The third-order valence-corrected chi connectivity index (χ3v) is 5.78. The van der Waals surface area contributed by atoms with Gasteiger partial charge in [-0.2, -0.15) is 0 Å². The molecule has 0 aliphatic heterocycles. The van der Waals surface area contributed by atoms with Crippen LogP contribution in [0.5, 0.6) is 0 Å². The van der Waals surface area contributed by atoms with Crippen molar-refractivity contribution in [2.24, 2.45) is 5.92 Å². The van der Waals surface area contributed by atoms with Crippen LogP contribution in [-0.2, 0) is 0 Å². The molecule has 0 unspecified atom stereocenters. The number of aromatic nitrogens is 1. The molecule has 5 rings (SSSR count). The first-order chi connectivity index (χ1) is 13.8. The fourth-order valence-corrected chi connectivity index (χ4v) is 3.74. The number of carbonyl (C=O) groups is 1. The van der Waals surface area contributed by atoms with Crippen LogP contribution in [0.15, 0.2) is 73.1 Å². The number of benzene rings is 2. The molecule has 0 spiro atoms. The van der Waals surface area contributed by atoms with E-state index in [2.05, 4.69) is 22.8 Å². The summed E-state index contributed by atoms with van der Waals surface area (Å²) in [5.74, 6) is 1.48. The van der Waals surface area contributed by atoms with Crippen LogP contribution >= 0.6 is 0 Å². The number of hydrogen-bond acceptors (Lipinski definition) is 2. The van der Waals surface area contributed by atoms with E-state index in [1.165, 1.54) is 31.4 Å². The summed E-state index contributed by atoms with van der Waals surface area (Å²) in [5.41, 5.74) is 3.90. The topological polar surface area (TPSA) is 46.1 Å². The molecule has 0 bridgehead atoms. The summed E-state index contributed by atoms with van der Waals surface area (Å²) < 4.78 is 2.02. The van der Waals surface area contributed by atoms with E-state index in [1.807, 2.05) is 65.5 Å². The minimum atomic E-state index is -0.0813. The average molecular weight is 371 g/mol. The standard InChI is InChI=1S/C24H25N3O/c28-24(19-7-11-21(12-8-19)27-13-1-2-14-27)26-20-9-5-18(6-10-20)22-15-23(22)25-16-17-3-4-17/h1-2,5-14,17,22-23,25H,3-4,15-16H2,(H,26,28)/t22-,23+/m0/s1. The van der Waals surface area contributed by atoms with Crippen molar-refractivity contribution >= 4 is 11.6 Å². The zero-order valence-corrected chi connectivity index (χ0v) is 15.8. The van der Waals surface area contributed by atoms with Crippen molar-refractivity contribution in [1.82, 2.24) is 9.88 Å². The molecule has 1 heterocycles. The van der Waals surface area contributed by atoms with Crippen LogP contribution in [-0.4, -0.2) is 23.1 Å². The largest absolute Gasteiger partial charge is 0.324 e. The van der Waals surface area contributed by atoms with E-state index >= 15 is 0 Å². The Labute approximate surface area is 165 Å². The van der Waals surface area contributed by atoms with Gasteiger partial charge in [-0.3, -0.25) is 4.79 Å². The van der Waals surface area contributed by atoms with Gasteiger partial charge in [-0.25, -0.2) is 0 Å². The molecule has 28 heavy (non-hydrogen) atoms. The van der Waals surface area contributed by atoms with Gasteiger partial charge in [0.25, 0.3) is 5.91 Å². The fourth-order valence-electron chi connectivity index (χ4n) is 3.74. The first-order valence-corrected chi connectivity index (χ1v) is 10.1. The smallest absolute Gasteiger partial charge is 0.255 e. The van der Waals surface area contributed by atoms with Gasteiger partial charge in [0.05, 0.1) is 0 Å². The zero-order chi connectivity index (χ0) is 18.9. The number of nitrogens with one attached hydrogen (secondary N) is 2. The minimum absolute atomic E-state index is 0.0813. The molecule has 1 aromatic heterocycles. The fraction of sp³-hybridized carbons (Fsp3) is 0.292. The number of amides is 1. The molecule has 4 heteroatoms. The number of nitrogens with zero attached hydrogens (tertiary/aromatic N) is 1. The van der Waals surface area contributed by atoms with Crippen molar-refractivity contribution in [2.75, 3.05) is 11.9 Å². The van der Waals surface area contributed by atoms with Gasteiger partial charge >= 0.3 is 0 Å². The summed E-state index contributed by atoms with van der Waals surface area (Å²) in [4.78, 5) is 12.5. The maximum atomic E-state index is 12.5. The van der Waals surface area contributed by atoms with Gasteiger partial charge in [0.15, 0.2) is 0 Å². The Morgan fingerprint density at radius 1 is 0.964 bits per heavy atom. The summed E-state index contributed by atoms with van der Waals surface area (Å²) in [7, 11) is 0. The molecule has 142 valence electrons. The van der Waals surface area contributed by atoms with E-state index in [9.17, 15) is 4.79 Å². The van der Waals surface area contributed by atoms with E-state index < -0.39 is 0 Å². The highest BCUT2D eigenvalue weighted by molar-refractivity contribution is 6.04. The van der Waals surface area contributed by atoms with Gasteiger partial charge in [-0.15, -0.1) is 0 Å². The van der Waals surface area contributed by atoms with Crippen LogP contribution in [0.25, 0.3) is 5.69 Å². The van der Waals surface area contributed by atoms with Gasteiger partial charge in [0, 0.05) is 41.3 Å². The molecule has 2 saturated carbocycles. The molecule has 3 aromatic rings. The van der Waals surface area contributed by atoms with Crippen LogP contribution in [0.1, 0.15) is 41.1 Å². The van der Waals surface area contributed by atoms with Crippen molar-refractivity contribution < 1.29 is 4.79 Å². The summed E-state index contributed by atoms with van der Waals surface area (Å²) in [6, 6.07) is 20.6. The maximum absolute atomic E-state index is 12.5. The Balaban J connectivity index is 1.17. The summed E-state index contributed by atoms with van der Waals surface area (Å²) >= 11 is 0. The second-order valence-electron chi connectivity index (χ2n) is 8.01. The molecular formula is C24H25N3O. The second kappa shape index (κ2) is 7.28. The van der Waals surface area contributed by atoms with Crippen molar-refractivity contribution in [2.45, 2.75) is 31.2 Å². The number of anilines is 1. The van der Waals surface area contributed by atoms with E-state index in [-0.39, 0.29) is 5.91 Å². The predicted molar refractivity (Wildman–Crippen MR) is 112 cm³/mol. The number of hydrogen-bond donors (Lipinski definition) is 2. The van der Waals surface area contributed by atoms with E-state index in [0.29, 0.717) is 17.5 Å². The molecular weight excluding hydrogens is 346 g/mol. The minimum Gasteiger partial charge on any atom is -0.324 e. The first-order valence-electron chi connectivity index (χ1n) is 10.1. The van der Waals surface area contributed by atoms with Crippen LogP contribution < -0.4 is 10.6 Å². The summed E-state index contributed by atoms with van der Waals surface area (Å²) in [5, 5.41) is 6.68. The Morgan fingerprint density at radius 3 is 2.36 bits per heavy atom. The molecule has 2 aliphatic rings. The third-order valence-electron chi connectivity index (χ3n) is 5.78. The van der Waals surface area contributed by atoms with Crippen molar-refractivity contribution in [3.05, 3.63) is 84.2 Å². The lowest BCUT2D eigenvalue weighted by atomic mass is 10.1. The molecule has 2 atom stereocenters. The molecule has 2 aromatic carbocycles. The second-order valence-corrected chi connectivity index (χ2v) is 8.01. The van der Waals surface area contributed by atoms with Gasteiger partial charge in [0.2, 0.25) is 0 Å². The van der Waals surface area contributed by atoms with Crippen molar-refractivity contribution in [3.8, 4) is 5.69 Å². The van der Waals surface area contributed by atoms with Crippen LogP contribution in [0.4, 0.5) is 5.69 Å². The average Bonchev–Trinajstić information content (AvgIpc) is 3.64. The molecule has 2 fully saturated rings. The normalized spacial score (nSPS) is 20.7. The third kappa shape index (κ3) is 3.87. The molecule has 1 amide bonds. The highest BCUT2D eigenvalue weighted by Crippen LogP contribution is 2.41. The number of carbonyl (C=O) groups excluding carboxylic acids is 1. The Kier molecular flexibility index (Phi) is 4.49. The van der Waals surface area contributed by atoms with Crippen molar-refractivity contribution in [3.63, 3.8) is 0 Å². The first kappa shape index (κ1) is 17.3. The molecule has 4 nitrogen and oxygen atoms in total. The highest BCUT2D eigenvalue weighted by atomic mass is 16.1.